The zero-order valence-corrected chi connectivity index (χ0v) is 19.6. The Kier molecular flexibility index (Phi) is 9.93. The van der Waals surface area contributed by atoms with Gasteiger partial charge in [-0.15, -0.1) is 0 Å². The van der Waals surface area contributed by atoms with Crippen molar-refractivity contribution in [3.05, 3.63) is 36.0 Å². The summed E-state index contributed by atoms with van der Waals surface area (Å²) in [5.74, 6) is 0. The van der Waals surface area contributed by atoms with E-state index in [1.165, 1.54) is 98.6 Å². The first-order valence-corrected chi connectivity index (χ1v) is 12.1. The maximum absolute atomic E-state index is 6.20. The second-order valence-electron chi connectivity index (χ2n) is 8.75. The van der Waals surface area contributed by atoms with Gasteiger partial charge in [-0.2, -0.15) is 4.57 Å². The van der Waals surface area contributed by atoms with Crippen LogP contribution in [0.25, 0.3) is 10.9 Å². The van der Waals surface area contributed by atoms with E-state index in [4.69, 9.17) is 5.73 Å². The fourth-order valence-corrected chi connectivity index (χ4v) is 4.74. The molecular formula is C26H45N3+2. The summed E-state index contributed by atoms with van der Waals surface area (Å²) >= 11 is 0. The second kappa shape index (κ2) is 12.2. The van der Waals surface area contributed by atoms with Gasteiger partial charge in [-0.1, -0.05) is 37.8 Å². The van der Waals surface area contributed by atoms with Gasteiger partial charge in [0, 0.05) is 25.5 Å². The number of hydrogen-bond acceptors (Lipinski definition) is 1. The van der Waals surface area contributed by atoms with Gasteiger partial charge in [-0.05, 0) is 46.1 Å². The fraction of sp³-hybridized carbons (Fsp3) is 0.654. The van der Waals surface area contributed by atoms with E-state index in [2.05, 4.69) is 62.6 Å². The minimum Gasteiger partial charge on any atom is -0.398 e. The number of unbranched alkanes of at least 4 members (excludes halogenated alkanes) is 7. The topological polar surface area (TPSA) is 29.9 Å². The summed E-state index contributed by atoms with van der Waals surface area (Å²) in [5.41, 5.74) is 9.63. The summed E-state index contributed by atoms with van der Waals surface area (Å²) in [4.78, 5) is 0. The van der Waals surface area contributed by atoms with Crippen molar-refractivity contribution >= 4 is 16.6 Å². The van der Waals surface area contributed by atoms with Crippen molar-refractivity contribution in [3.63, 3.8) is 0 Å². The average molecular weight is 400 g/mol. The van der Waals surface area contributed by atoms with E-state index < -0.39 is 0 Å². The minimum atomic E-state index is 0.891. The van der Waals surface area contributed by atoms with Crippen LogP contribution in [-0.2, 0) is 6.54 Å². The maximum Gasteiger partial charge on any atom is 0.214 e. The van der Waals surface area contributed by atoms with Gasteiger partial charge in [0.05, 0.1) is 37.3 Å². The predicted octanol–water partition coefficient (Wildman–Crippen LogP) is 6.02. The zero-order chi connectivity index (χ0) is 21.1. The number of nitrogen functional groups attached to an aromatic ring is 1. The number of anilines is 1. The molecule has 0 fully saturated rings. The van der Waals surface area contributed by atoms with Gasteiger partial charge in [0.15, 0.2) is 5.69 Å². The van der Waals surface area contributed by atoms with Crippen molar-refractivity contribution in [1.29, 1.82) is 0 Å². The van der Waals surface area contributed by atoms with E-state index in [0.29, 0.717) is 0 Å². The highest BCUT2D eigenvalue weighted by atomic mass is 15.3. The molecule has 0 spiro atoms. The van der Waals surface area contributed by atoms with Crippen LogP contribution >= 0.6 is 0 Å². The molecule has 1 aromatic carbocycles. The highest BCUT2D eigenvalue weighted by molar-refractivity contribution is 5.87. The summed E-state index contributed by atoms with van der Waals surface area (Å²) < 4.78 is 3.74. The quantitative estimate of drug-likeness (QED) is 0.235. The predicted molar refractivity (Wildman–Crippen MR) is 127 cm³/mol. The minimum absolute atomic E-state index is 0.891. The molecule has 2 rings (SSSR count). The Morgan fingerprint density at radius 1 is 0.793 bits per heavy atom. The Morgan fingerprint density at radius 3 is 1.97 bits per heavy atom. The smallest absolute Gasteiger partial charge is 0.214 e. The van der Waals surface area contributed by atoms with E-state index in [9.17, 15) is 0 Å². The van der Waals surface area contributed by atoms with Crippen LogP contribution in [0.3, 0.4) is 0 Å². The molecule has 29 heavy (non-hydrogen) atoms. The van der Waals surface area contributed by atoms with Crippen molar-refractivity contribution in [2.24, 2.45) is 0 Å². The fourth-order valence-electron chi connectivity index (χ4n) is 4.74. The largest absolute Gasteiger partial charge is 0.398 e. The lowest BCUT2D eigenvalue weighted by molar-refractivity contribution is -0.923. The number of fused-ring (bicyclic) bond motifs is 1. The number of nitrogens with zero attached hydrogens (tertiary/aromatic N) is 2. The number of aromatic nitrogens is 1. The standard InChI is InChI=1S/C26H44N3/c1-5-29(6-2,7-3)21-17-13-11-9-8-10-12-16-20-28-23(4)22-25(27)24-18-14-15-19-26(24)28/h14-15,18-19,22,27H,5-13,16-17,20-21H2,1-4H3/q+1/p+1. The number of benzene rings is 1. The van der Waals surface area contributed by atoms with Crippen molar-refractivity contribution in [3.8, 4) is 0 Å². The van der Waals surface area contributed by atoms with E-state index in [0.717, 1.165) is 12.2 Å². The lowest BCUT2D eigenvalue weighted by Crippen LogP contribution is -2.48. The Balaban J connectivity index is 1.62. The van der Waals surface area contributed by atoms with E-state index in [1.54, 1.807) is 0 Å². The second-order valence-corrected chi connectivity index (χ2v) is 8.75. The third-order valence-electron chi connectivity index (χ3n) is 7.07. The van der Waals surface area contributed by atoms with Crippen LogP contribution < -0.4 is 10.3 Å². The molecule has 0 aliphatic heterocycles. The van der Waals surface area contributed by atoms with Crippen molar-refractivity contribution in [2.45, 2.75) is 85.6 Å². The number of quaternary nitrogens is 1. The summed E-state index contributed by atoms with van der Waals surface area (Å²) in [6, 6.07) is 10.6. The number of para-hydroxylation sites is 1. The highest BCUT2D eigenvalue weighted by Crippen LogP contribution is 2.19. The van der Waals surface area contributed by atoms with Gasteiger partial charge in [-0.3, -0.25) is 0 Å². The normalized spacial score (nSPS) is 12.0. The van der Waals surface area contributed by atoms with Gasteiger partial charge in [-0.25, -0.2) is 0 Å². The molecule has 0 radical (unpaired) electrons. The molecule has 0 atom stereocenters. The van der Waals surface area contributed by atoms with Gasteiger partial charge in [0.25, 0.3) is 0 Å². The molecule has 3 nitrogen and oxygen atoms in total. The summed E-state index contributed by atoms with van der Waals surface area (Å²) in [6.45, 7) is 15.5. The molecular weight excluding hydrogens is 354 g/mol. The van der Waals surface area contributed by atoms with E-state index in [1.807, 2.05) is 0 Å². The molecule has 0 saturated carbocycles. The Hall–Kier alpha value is -1.61. The molecule has 1 aromatic heterocycles. The summed E-state index contributed by atoms with van der Waals surface area (Å²) in [6.07, 6.45) is 11.0. The zero-order valence-electron chi connectivity index (χ0n) is 19.6. The Morgan fingerprint density at radius 2 is 1.34 bits per heavy atom. The first kappa shape index (κ1) is 23.7. The van der Waals surface area contributed by atoms with Crippen molar-refractivity contribution in [1.82, 2.24) is 0 Å². The molecule has 0 aliphatic rings. The van der Waals surface area contributed by atoms with Crippen LogP contribution in [0.2, 0.25) is 0 Å². The van der Waals surface area contributed by atoms with E-state index in [-0.39, 0.29) is 0 Å². The highest BCUT2D eigenvalue weighted by Gasteiger charge is 2.19. The molecule has 0 amide bonds. The molecule has 0 saturated heterocycles. The van der Waals surface area contributed by atoms with Crippen molar-refractivity contribution in [2.75, 3.05) is 31.9 Å². The molecule has 0 aliphatic carbocycles. The third-order valence-corrected chi connectivity index (χ3v) is 7.07. The van der Waals surface area contributed by atoms with Crippen LogP contribution in [0, 0.1) is 6.92 Å². The Labute approximate surface area is 179 Å². The number of pyridine rings is 1. The van der Waals surface area contributed by atoms with Crippen LogP contribution in [-0.4, -0.2) is 30.7 Å². The Bertz CT molecular complexity index is 726. The first-order valence-electron chi connectivity index (χ1n) is 12.1. The average Bonchev–Trinajstić information content (AvgIpc) is 2.74. The van der Waals surface area contributed by atoms with E-state index >= 15 is 0 Å². The van der Waals surface area contributed by atoms with Gasteiger partial charge in [0.1, 0.15) is 6.54 Å². The van der Waals surface area contributed by atoms with Gasteiger partial charge < -0.3 is 10.2 Å². The molecule has 2 N–H and O–H groups in total. The van der Waals surface area contributed by atoms with Crippen LogP contribution in [0.4, 0.5) is 5.69 Å². The number of rotatable bonds is 14. The number of hydrogen-bond donors (Lipinski definition) is 1. The molecule has 0 unspecified atom stereocenters. The monoisotopic (exact) mass is 399 g/mol. The number of nitrogens with two attached hydrogens (primary N) is 1. The molecule has 2 aromatic rings. The van der Waals surface area contributed by atoms with Gasteiger partial charge >= 0.3 is 0 Å². The number of aryl methyl sites for hydroxylation is 2. The molecule has 0 bridgehead atoms. The molecule has 1 heterocycles. The van der Waals surface area contributed by atoms with Crippen molar-refractivity contribution < 1.29 is 9.05 Å². The van der Waals surface area contributed by atoms with Crippen LogP contribution in [0.5, 0.6) is 0 Å². The molecule has 3 heteroatoms. The first-order chi connectivity index (χ1) is 14.1. The lowest BCUT2D eigenvalue weighted by atomic mass is 10.1. The SMILES string of the molecule is CC[N+](CC)(CC)CCCCCCCCCC[n+]1c(C)cc(N)c2ccccc21. The summed E-state index contributed by atoms with van der Waals surface area (Å²) in [5, 5.41) is 1.18. The van der Waals surface area contributed by atoms with Gasteiger partial charge in [0.2, 0.25) is 5.52 Å². The maximum atomic E-state index is 6.20. The lowest BCUT2D eigenvalue weighted by Gasteiger charge is -2.35. The van der Waals surface area contributed by atoms with Crippen LogP contribution in [0.1, 0.15) is 77.8 Å². The molecule has 162 valence electrons. The van der Waals surface area contributed by atoms with Crippen LogP contribution in [0.15, 0.2) is 30.3 Å². The third kappa shape index (κ3) is 6.70. The summed E-state index contributed by atoms with van der Waals surface area (Å²) in [7, 11) is 0.